The summed E-state index contributed by atoms with van der Waals surface area (Å²) in [6, 6.07) is 5.48. The van der Waals surface area contributed by atoms with Gasteiger partial charge in [-0.2, -0.15) is 0 Å². The van der Waals surface area contributed by atoms with Crippen molar-refractivity contribution in [2.24, 2.45) is 0 Å². The van der Waals surface area contributed by atoms with E-state index in [-0.39, 0.29) is 0 Å². The summed E-state index contributed by atoms with van der Waals surface area (Å²) in [7, 11) is 0. The van der Waals surface area contributed by atoms with E-state index < -0.39 is 0 Å². The summed E-state index contributed by atoms with van der Waals surface area (Å²) in [6.07, 6.45) is 4.75. The number of anilines is 2. The van der Waals surface area contributed by atoms with Gasteiger partial charge in [0.15, 0.2) is 0 Å². The Kier molecular flexibility index (Phi) is 3.92. The van der Waals surface area contributed by atoms with Gasteiger partial charge in [-0.1, -0.05) is 36.2 Å². The van der Waals surface area contributed by atoms with Crippen molar-refractivity contribution in [1.29, 1.82) is 0 Å². The first-order chi connectivity index (χ1) is 8.22. The molecule has 2 rings (SSSR count). The third kappa shape index (κ3) is 2.73. The van der Waals surface area contributed by atoms with Crippen LogP contribution < -0.4 is 5.32 Å². The Hall–Kier alpha value is -1.19. The van der Waals surface area contributed by atoms with Crippen LogP contribution in [0.3, 0.4) is 0 Å². The summed E-state index contributed by atoms with van der Waals surface area (Å²) in [5.74, 6) is 0.774. The molecule has 90 valence electrons. The first-order valence-corrected chi connectivity index (χ1v) is 6.20. The van der Waals surface area contributed by atoms with E-state index in [0.717, 1.165) is 24.6 Å². The van der Waals surface area contributed by atoms with Crippen LogP contribution in [0.5, 0.6) is 0 Å². The second kappa shape index (κ2) is 5.43. The van der Waals surface area contributed by atoms with Crippen molar-refractivity contribution in [3.8, 4) is 0 Å². The number of halogens is 2. The maximum Gasteiger partial charge on any atom is 0.207 e. The summed E-state index contributed by atoms with van der Waals surface area (Å²) in [6.45, 7) is 3.04. The Morgan fingerprint density at radius 2 is 2.18 bits per heavy atom. The molecular weight excluding hydrogens is 257 g/mol. The molecule has 5 heteroatoms. The van der Waals surface area contributed by atoms with Crippen molar-refractivity contribution in [3.05, 3.63) is 40.6 Å². The van der Waals surface area contributed by atoms with Gasteiger partial charge in [0.05, 0.1) is 15.7 Å². The second-order valence-electron chi connectivity index (χ2n) is 3.67. The molecule has 0 fully saturated rings. The van der Waals surface area contributed by atoms with Crippen LogP contribution in [-0.2, 0) is 6.54 Å². The number of nitrogens with one attached hydrogen (secondary N) is 1. The predicted octanol–water partition coefficient (Wildman–Crippen LogP) is 4.34. The molecule has 0 bridgehead atoms. The van der Waals surface area contributed by atoms with Gasteiger partial charge in [-0.15, -0.1) is 0 Å². The van der Waals surface area contributed by atoms with E-state index >= 15 is 0 Å². The van der Waals surface area contributed by atoms with Crippen LogP contribution in [-0.4, -0.2) is 9.55 Å². The number of nitrogens with zero attached hydrogens (tertiary/aromatic N) is 2. The highest BCUT2D eigenvalue weighted by Gasteiger charge is 2.07. The van der Waals surface area contributed by atoms with Crippen molar-refractivity contribution >= 4 is 34.8 Å². The number of benzene rings is 1. The lowest BCUT2D eigenvalue weighted by Crippen LogP contribution is -2.03. The lowest BCUT2D eigenvalue weighted by atomic mass is 10.3. The molecule has 17 heavy (non-hydrogen) atoms. The van der Waals surface area contributed by atoms with Crippen molar-refractivity contribution < 1.29 is 0 Å². The monoisotopic (exact) mass is 269 g/mol. The number of imidazole rings is 1. The van der Waals surface area contributed by atoms with Crippen molar-refractivity contribution in [2.75, 3.05) is 5.32 Å². The molecule has 0 unspecified atom stereocenters. The van der Waals surface area contributed by atoms with E-state index in [0.29, 0.717) is 10.0 Å². The summed E-state index contributed by atoms with van der Waals surface area (Å²) < 4.78 is 2.04. The maximum atomic E-state index is 6.11. The first-order valence-electron chi connectivity index (χ1n) is 5.44. The molecule has 0 radical (unpaired) electrons. The lowest BCUT2D eigenvalue weighted by molar-refractivity contribution is 0.686. The molecule has 0 atom stereocenters. The van der Waals surface area contributed by atoms with Gasteiger partial charge in [0.2, 0.25) is 5.95 Å². The highest BCUT2D eigenvalue weighted by atomic mass is 35.5. The summed E-state index contributed by atoms with van der Waals surface area (Å²) >= 11 is 12.1. The Morgan fingerprint density at radius 3 is 2.94 bits per heavy atom. The van der Waals surface area contributed by atoms with Crippen LogP contribution in [0.4, 0.5) is 11.6 Å². The fourth-order valence-electron chi connectivity index (χ4n) is 1.58. The average Bonchev–Trinajstić information content (AvgIpc) is 2.73. The molecule has 1 aromatic carbocycles. The number of hydrogen-bond donors (Lipinski definition) is 1. The Morgan fingerprint density at radius 1 is 1.35 bits per heavy atom. The molecule has 0 aliphatic carbocycles. The first kappa shape index (κ1) is 12.3. The second-order valence-corrected chi connectivity index (χ2v) is 4.46. The zero-order chi connectivity index (χ0) is 12.3. The van der Waals surface area contributed by atoms with Crippen molar-refractivity contribution in [1.82, 2.24) is 9.55 Å². The summed E-state index contributed by atoms with van der Waals surface area (Å²) in [5, 5.41) is 4.23. The molecule has 0 saturated carbocycles. The minimum Gasteiger partial charge on any atom is -0.324 e. The predicted molar refractivity (Wildman–Crippen MR) is 72.3 cm³/mol. The quantitative estimate of drug-likeness (QED) is 0.895. The van der Waals surface area contributed by atoms with Gasteiger partial charge in [0.25, 0.3) is 0 Å². The molecule has 0 aliphatic heterocycles. The van der Waals surface area contributed by atoms with Gasteiger partial charge in [0, 0.05) is 18.9 Å². The molecule has 0 amide bonds. The van der Waals surface area contributed by atoms with E-state index in [1.165, 1.54) is 0 Å². The maximum absolute atomic E-state index is 6.11. The molecule has 1 N–H and O–H groups in total. The van der Waals surface area contributed by atoms with E-state index in [4.69, 9.17) is 23.2 Å². The minimum atomic E-state index is 0.514. The van der Waals surface area contributed by atoms with Crippen LogP contribution in [0.2, 0.25) is 10.0 Å². The van der Waals surface area contributed by atoms with Gasteiger partial charge in [-0.25, -0.2) is 4.98 Å². The number of aryl methyl sites for hydroxylation is 1. The smallest absolute Gasteiger partial charge is 0.207 e. The van der Waals surface area contributed by atoms with E-state index in [2.05, 4.69) is 17.2 Å². The van der Waals surface area contributed by atoms with Crippen LogP contribution in [0.1, 0.15) is 13.3 Å². The summed E-state index contributed by atoms with van der Waals surface area (Å²) in [4.78, 5) is 4.25. The molecule has 1 aromatic heterocycles. The third-order valence-corrected chi connectivity index (χ3v) is 3.20. The molecule has 3 nitrogen and oxygen atoms in total. The highest BCUT2D eigenvalue weighted by molar-refractivity contribution is 6.43. The van der Waals surface area contributed by atoms with Crippen LogP contribution in [0.15, 0.2) is 30.6 Å². The molecule has 0 aliphatic rings. The number of hydrogen-bond acceptors (Lipinski definition) is 2. The SMILES string of the molecule is CCCn1ccnc1Nc1cccc(Cl)c1Cl. The van der Waals surface area contributed by atoms with Gasteiger partial charge >= 0.3 is 0 Å². The van der Waals surface area contributed by atoms with E-state index in [1.807, 2.05) is 22.9 Å². The fourth-order valence-corrected chi connectivity index (χ4v) is 1.92. The van der Waals surface area contributed by atoms with Crippen LogP contribution in [0.25, 0.3) is 0 Å². The standard InChI is InChI=1S/C12H13Cl2N3/c1-2-7-17-8-6-15-12(17)16-10-5-3-4-9(13)11(10)14/h3-6,8H,2,7H2,1H3,(H,15,16). The Bertz CT molecular complexity index is 508. The van der Waals surface area contributed by atoms with Crippen molar-refractivity contribution in [2.45, 2.75) is 19.9 Å². The molecule has 1 heterocycles. The largest absolute Gasteiger partial charge is 0.324 e. The molecule has 0 spiro atoms. The zero-order valence-corrected chi connectivity index (χ0v) is 11.0. The fraction of sp³-hybridized carbons (Fsp3) is 0.250. The third-order valence-electron chi connectivity index (χ3n) is 2.38. The molecular formula is C12H13Cl2N3. The Labute approximate surface area is 110 Å². The number of aromatic nitrogens is 2. The summed E-state index contributed by atoms with van der Waals surface area (Å²) in [5.41, 5.74) is 0.766. The zero-order valence-electron chi connectivity index (χ0n) is 9.45. The van der Waals surface area contributed by atoms with E-state index in [9.17, 15) is 0 Å². The highest BCUT2D eigenvalue weighted by Crippen LogP contribution is 2.31. The van der Waals surface area contributed by atoms with Gasteiger partial charge in [0.1, 0.15) is 0 Å². The average molecular weight is 270 g/mol. The minimum absolute atomic E-state index is 0.514. The molecule has 2 aromatic rings. The van der Waals surface area contributed by atoms with Crippen molar-refractivity contribution in [3.63, 3.8) is 0 Å². The van der Waals surface area contributed by atoms with Gasteiger partial charge < -0.3 is 9.88 Å². The van der Waals surface area contributed by atoms with Crippen LogP contribution in [0, 0.1) is 0 Å². The van der Waals surface area contributed by atoms with Gasteiger partial charge in [-0.05, 0) is 18.6 Å². The van der Waals surface area contributed by atoms with Gasteiger partial charge in [-0.3, -0.25) is 0 Å². The van der Waals surface area contributed by atoms with Crippen LogP contribution >= 0.6 is 23.2 Å². The number of rotatable bonds is 4. The lowest BCUT2D eigenvalue weighted by Gasteiger charge is -2.10. The van der Waals surface area contributed by atoms with E-state index in [1.54, 1.807) is 12.3 Å². The Balaban J connectivity index is 2.25. The normalized spacial score (nSPS) is 10.5. The molecule has 0 saturated heterocycles. The topological polar surface area (TPSA) is 29.9 Å².